The largest absolute Gasteiger partial charge is 0.472 e. The van der Waals surface area contributed by atoms with Crippen molar-refractivity contribution in [3.8, 4) is 5.88 Å². The summed E-state index contributed by atoms with van der Waals surface area (Å²) in [5, 5.41) is 2.47. The predicted octanol–water partition coefficient (Wildman–Crippen LogP) is 2.56. The van der Waals surface area contributed by atoms with E-state index in [1.807, 2.05) is 24.1 Å². The fourth-order valence-electron chi connectivity index (χ4n) is 2.40. The SMILES string of the molecule is CN=Cc1cc(N(C)Cc2ccc(OCC(F)F)nc2NC=O)ccc1N. The van der Waals surface area contributed by atoms with Crippen molar-refractivity contribution in [2.24, 2.45) is 4.99 Å². The Balaban J connectivity index is 2.22. The van der Waals surface area contributed by atoms with Crippen molar-refractivity contribution in [1.29, 1.82) is 0 Å². The molecule has 0 spiro atoms. The van der Waals surface area contributed by atoms with Crippen LogP contribution in [0, 0.1) is 0 Å². The van der Waals surface area contributed by atoms with Gasteiger partial charge in [0.05, 0.1) is 0 Å². The van der Waals surface area contributed by atoms with Crippen molar-refractivity contribution < 1.29 is 18.3 Å². The third-order valence-corrected chi connectivity index (χ3v) is 3.69. The quantitative estimate of drug-likeness (QED) is 0.398. The van der Waals surface area contributed by atoms with Crippen molar-refractivity contribution in [2.75, 3.05) is 36.7 Å². The zero-order chi connectivity index (χ0) is 19.8. The molecule has 2 aromatic rings. The molecule has 0 aliphatic heterocycles. The smallest absolute Gasteiger partial charge is 0.272 e. The lowest BCUT2D eigenvalue weighted by Crippen LogP contribution is -2.18. The summed E-state index contributed by atoms with van der Waals surface area (Å²) >= 11 is 0. The van der Waals surface area contributed by atoms with E-state index in [9.17, 15) is 13.6 Å². The Morgan fingerprint density at radius 3 is 2.81 bits per heavy atom. The van der Waals surface area contributed by atoms with Crippen LogP contribution < -0.4 is 20.7 Å². The summed E-state index contributed by atoms with van der Waals surface area (Å²) in [5.74, 6) is 0.259. The van der Waals surface area contributed by atoms with Crippen LogP contribution in [0.25, 0.3) is 0 Å². The number of aliphatic imine (C=N–C) groups is 1. The van der Waals surface area contributed by atoms with Gasteiger partial charge in [0.15, 0.2) is 6.61 Å². The van der Waals surface area contributed by atoms with E-state index in [0.29, 0.717) is 24.2 Å². The second-order valence-corrected chi connectivity index (χ2v) is 5.68. The molecule has 0 aliphatic carbocycles. The maximum atomic E-state index is 12.3. The molecular weight excluding hydrogens is 356 g/mol. The zero-order valence-corrected chi connectivity index (χ0v) is 15.0. The highest BCUT2D eigenvalue weighted by atomic mass is 19.3. The van der Waals surface area contributed by atoms with E-state index >= 15 is 0 Å². The third kappa shape index (κ3) is 5.63. The first-order valence-electron chi connectivity index (χ1n) is 8.08. The number of nitrogens with one attached hydrogen (secondary N) is 1. The first-order chi connectivity index (χ1) is 12.9. The second kappa shape index (κ2) is 9.46. The van der Waals surface area contributed by atoms with Gasteiger partial charge in [-0.3, -0.25) is 9.79 Å². The highest BCUT2D eigenvalue weighted by molar-refractivity contribution is 5.88. The van der Waals surface area contributed by atoms with E-state index in [4.69, 9.17) is 10.5 Å². The number of pyridine rings is 1. The van der Waals surface area contributed by atoms with Crippen LogP contribution in [-0.2, 0) is 11.3 Å². The van der Waals surface area contributed by atoms with Crippen LogP contribution in [0.2, 0.25) is 0 Å². The molecule has 1 aromatic carbocycles. The average molecular weight is 377 g/mol. The summed E-state index contributed by atoms with van der Waals surface area (Å²) in [7, 11) is 3.53. The van der Waals surface area contributed by atoms with E-state index in [1.54, 1.807) is 25.4 Å². The molecule has 9 heteroatoms. The first kappa shape index (κ1) is 20.1. The van der Waals surface area contributed by atoms with Crippen molar-refractivity contribution >= 4 is 29.8 Å². The molecule has 2 rings (SSSR count). The van der Waals surface area contributed by atoms with Crippen LogP contribution >= 0.6 is 0 Å². The number of carbonyl (C=O) groups is 1. The number of nitrogens with zero attached hydrogens (tertiary/aromatic N) is 3. The molecule has 0 fully saturated rings. The summed E-state index contributed by atoms with van der Waals surface area (Å²) in [6.45, 7) is -0.356. The van der Waals surface area contributed by atoms with Crippen LogP contribution in [-0.4, -0.2) is 44.7 Å². The molecule has 0 bridgehead atoms. The Morgan fingerprint density at radius 2 is 2.15 bits per heavy atom. The van der Waals surface area contributed by atoms with Crippen molar-refractivity contribution in [3.63, 3.8) is 0 Å². The summed E-state index contributed by atoms with van der Waals surface area (Å²) in [4.78, 5) is 20.8. The van der Waals surface area contributed by atoms with Crippen molar-refractivity contribution in [2.45, 2.75) is 13.0 Å². The highest BCUT2D eigenvalue weighted by Crippen LogP contribution is 2.24. The fourth-order valence-corrected chi connectivity index (χ4v) is 2.40. The standard InChI is InChI=1S/C18H21F2N5O2/c1-22-8-13-7-14(4-5-15(13)21)25(2)9-12-3-6-17(27-10-16(19)20)24-18(12)23-11-26/h3-8,11,16H,9-10,21H2,1-2H3,(H,23,24,26). The molecule has 27 heavy (non-hydrogen) atoms. The van der Waals surface area contributed by atoms with Gasteiger partial charge in [0.2, 0.25) is 12.3 Å². The highest BCUT2D eigenvalue weighted by Gasteiger charge is 2.12. The number of benzene rings is 1. The zero-order valence-electron chi connectivity index (χ0n) is 15.0. The van der Waals surface area contributed by atoms with E-state index in [0.717, 1.165) is 11.3 Å². The molecule has 0 aliphatic rings. The van der Waals surface area contributed by atoms with Gasteiger partial charge in [-0.15, -0.1) is 0 Å². The molecule has 0 saturated heterocycles. The third-order valence-electron chi connectivity index (χ3n) is 3.69. The number of ether oxygens (including phenoxy) is 1. The number of aromatic nitrogens is 1. The number of anilines is 3. The molecule has 1 aromatic heterocycles. The number of halogens is 2. The molecule has 144 valence electrons. The Hall–Kier alpha value is -3.23. The molecule has 7 nitrogen and oxygen atoms in total. The Morgan fingerprint density at radius 1 is 1.37 bits per heavy atom. The maximum Gasteiger partial charge on any atom is 0.272 e. The Labute approximate surface area is 155 Å². The number of rotatable bonds is 9. The number of alkyl halides is 2. The normalized spacial score (nSPS) is 11.0. The summed E-state index contributed by atoms with van der Waals surface area (Å²) in [6, 6.07) is 8.69. The number of nitrogens with two attached hydrogens (primary N) is 1. The molecule has 0 atom stereocenters. The Kier molecular flexibility index (Phi) is 7.04. The molecule has 0 unspecified atom stereocenters. The van der Waals surface area contributed by atoms with Gasteiger partial charge in [0, 0.05) is 55.4 Å². The minimum atomic E-state index is -2.61. The fraction of sp³-hybridized carbons (Fsp3) is 0.278. The number of carbonyl (C=O) groups excluding carboxylic acids is 1. The van der Waals surface area contributed by atoms with Gasteiger partial charge in [-0.05, 0) is 24.3 Å². The summed E-state index contributed by atoms with van der Waals surface area (Å²) in [5.41, 5.74) is 8.90. The first-order valence-corrected chi connectivity index (χ1v) is 8.08. The van der Waals surface area contributed by atoms with Crippen LogP contribution in [0.1, 0.15) is 11.1 Å². The molecule has 0 saturated carbocycles. The number of nitrogen functional groups attached to an aromatic ring is 1. The van der Waals surface area contributed by atoms with E-state index in [1.165, 1.54) is 6.07 Å². The lowest BCUT2D eigenvalue weighted by molar-refractivity contribution is -0.105. The molecule has 1 heterocycles. The van der Waals surface area contributed by atoms with Gasteiger partial charge in [-0.1, -0.05) is 0 Å². The topological polar surface area (TPSA) is 92.8 Å². The number of hydrogen-bond acceptors (Lipinski definition) is 6. The van der Waals surface area contributed by atoms with Crippen LogP contribution in [0.3, 0.4) is 0 Å². The molecule has 3 N–H and O–H groups in total. The minimum Gasteiger partial charge on any atom is -0.472 e. The summed E-state index contributed by atoms with van der Waals surface area (Å²) < 4.78 is 29.4. The van der Waals surface area contributed by atoms with E-state index in [-0.39, 0.29) is 11.7 Å². The number of hydrogen-bond donors (Lipinski definition) is 2. The lowest BCUT2D eigenvalue weighted by Gasteiger charge is -2.21. The van der Waals surface area contributed by atoms with Gasteiger partial charge in [0.1, 0.15) is 5.82 Å². The predicted molar refractivity (Wildman–Crippen MR) is 102 cm³/mol. The van der Waals surface area contributed by atoms with Crippen molar-refractivity contribution in [3.05, 3.63) is 41.5 Å². The average Bonchev–Trinajstić information content (AvgIpc) is 2.64. The van der Waals surface area contributed by atoms with Gasteiger partial charge in [-0.2, -0.15) is 4.98 Å². The second-order valence-electron chi connectivity index (χ2n) is 5.68. The van der Waals surface area contributed by atoms with Crippen molar-refractivity contribution in [1.82, 2.24) is 4.98 Å². The number of amides is 1. The van der Waals surface area contributed by atoms with Gasteiger partial charge >= 0.3 is 0 Å². The molecule has 0 radical (unpaired) electrons. The van der Waals surface area contributed by atoms with Gasteiger partial charge < -0.3 is 20.7 Å². The lowest BCUT2D eigenvalue weighted by atomic mass is 10.1. The van der Waals surface area contributed by atoms with E-state index in [2.05, 4.69) is 15.3 Å². The Bertz CT molecular complexity index is 814. The monoisotopic (exact) mass is 377 g/mol. The van der Waals surface area contributed by atoms with Crippen LogP contribution in [0.15, 0.2) is 35.3 Å². The molecular formula is C18H21F2N5O2. The van der Waals surface area contributed by atoms with Gasteiger partial charge in [0.25, 0.3) is 6.43 Å². The minimum absolute atomic E-state index is 0.0139. The van der Waals surface area contributed by atoms with Gasteiger partial charge in [-0.25, -0.2) is 8.78 Å². The maximum absolute atomic E-state index is 12.3. The van der Waals surface area contributed by atoms with E-state index < -0.39 is 13.0 Å². The van der Waals surface area contributed by atoms with Crippen LogP contribution in [0.4, 0.5) is 26.0 Å². The molecule has 1 amide bonds. The van der Waals surface area contributed by atoms with Crippen LogP contribution in [0.5, 0.6) is 5.88 Å². The summed E-state index contributed by atoms with van der Waals surface area (Å²) in [6.07, 6.45) is -0.462.